The number of nitrogens with zero attached hydrogens (tertiary/aromatic N) is 1. The van der Waals surface area contributed by atoms with Gasteiger partial charge in [0.2, 0.25) is 0 Å². The smallest absolute Gasteiger partial charge is 0.105 e. The van der Waals surface area contributed by atoms with Crippen LogP contribution in [0.3, 0.4) is 0 Å². The molecule has 19 heavy (non-hydrogen) atoms. The Hall–Kier alpha value is -1.39. The topological polar surface area (TPSA) is 56.8 Å². The van der Waals surface area contributed by atoms with Crippen LogP contribution in [0.5, 0.6) is 0 Å². The summed E-state index contributed by atoms with van der Waals surface area (Å²) in [6.45, 7) is 2.67. The lowest BCUT2D eigenvalue weighted by Crippen LogP contribution is -2.46. The third-order valence-corrected chi connectivity index (χ3v) is 3.74. The molecule has 1 aromatic carbocycles. The molecule has 0 aliphatic carbocycles. The summed E-state index contributed by atoms with van der Waals surface area (Å²) in [5.41, 5.74) is 7.36. The summed E-state index contributed by atoms with van der Waals surface area (Å²) in [6.07, 6.45) is 1.78. The lowest BCUT2D eigenvalue weighted by atomic mass is 9.73. The minimum absolute atomic E-state index is 0.173. The van der Waals surface area contributed by atoms with Gasteiger partial charge in [-0.15, -0.1) is 0 Å². The van der Waals surface area contributed by atoms with E-state index >= 15 is 0 Å². The monoisotopic (exact) mass is 262 g/mol. The molecule has 0 spiro atoms. The molecule has 0 saturated carbocycles. The van der Waals surface area contributed by atoms with E-state index < -0.39 is 0 Å². The van der Waals surface area contributed by atoms with E-state index in [0.29, 0.717) is 19.0 Å². The minimum atomic E-state index is -0.173. The third-order valence-electron chi connectivity index (χ3n) is 3.74. The fourth-order valence-electron chi connectivity index (χ4n) is 2.58. The second kappa shape index (κ2) is 6.68. The maximum atomic E-state index is 6.30. The Bertz CT molecular complexity index is 411. The number of methoxy groups -OCH3 is 1. The average molecular weight is 262 g/mol. The highest BCUT2D eigenvalue weighted by Gasteiger charge is 2.38. The van der Waals surface area contributed by atoms with Gasteiger partial charge < -0.3 is 15.2 Å². The van der Waals surface area contributed by atoms with Gasteiger partial charge in [-0.2, -0.15) is 0 Å². The maximum absolute atomic E-state index is 6.30. The number of rotatable bonds is 5. The van der Waals surface area contributed by atoms with Crippen LogP contribution in [-0.2, 0) is 14.9 Å². The molecule has 4 nitrogen and oxygen atoms in total. The molecule has 1 fully saturated rings. The van der Waals surface area contributed by atoms with E-state index in [2.05, 4.69) is 29.3 Å². The second-order valence-corrected chi connectivity index (χ2v) is 4.82. The zero-order valence-corrected chi connectivity index (χ0v) is 11.5. The zero-order valence-electron chi connectivity index (χ0n) is 11.5. The van der Waals surface area contributed by atoms with Crippen LogP contribution in [0, 0.1) is 0 Å². The Morgan fingerprint density at radius 1 is 1.32 bits per heavy atom. The summed E-state index contributed by atoms with van der Waals surface area (Å²) >= 11 is 0. The number of nitrogens with two attached hydrogens (primary N) is 1. The molecule has 1 aromatic rings. The summed E-state index contributed by atoms with van der Waals surface area (Å²) in [5, 5.41) is 0. The first kappa shape index (κ1) is 14.0. The lowest BCUT2D eigenvalue weighted by Gasteiger charge is -2.37. The standard InChI is InChI=1S/C15H22N2O2/c1-18-12-9-17-14(16)15(7-10-19-11-8-15)13-5-3-2-4-6-13/h2-6H,7-12H2,1H3,(H2,16,17). The van der Waals surface area contributed by atoms with Crippen molar-refractivity contribution < 1.29 is 9.47 Å². The number of hydrogen-bond acceptors (Lipinski definition) is 3. The Balaban J connectivity index is 2.27. The first-order chi connectivity index (χ1) is 9.29. The fourth-order valence-corrected chi connectivity index (χ4v) is 2.58. The largest absolute Gasteiger partial charge is 0.387 e. The van der Waals surface area contributed by atoms with E-state index in [0.717, 1.165) is 26.1 Å². The number of aliphatic imine (C=N–C) groups is 1. The highest BCUT2D eigenvalue weighted by Crippen LogP contribution is 2.35. The van der Waals surface area contributed by atoms with E-state index in [9.17, 15) is 0 Å². The van der Waals surface area contributed by atoms with Crippen LogP contribution in [0.25, 0.3) is 0 Å². The summed E-state index contributed by atoms with van der Waals surface area (Å²) in [7, 11) is 1.67. The number of amidine groups is 1. The number of benzene rings is 1. The van der Waals surface area contributed by atoms with Crippen molar-refractivity contribution in [1.29, 1.82) is 0 Å². The minimum Gasteiger partial charge on any atom is -0.387 e. The van der Waals surface area contributed by atoms with Crippen molar-refractivity contribution in [2.75, 3.05) is 33.5 Å². The molecule has 1 saturated heterocycles. The van der Waals surface area contributed by atoms with Gasteiger partial charge in [0.05, 0.1) is 18.6 Å². The van der Waals surface area contributed by atoms with Gasteiger partial charge in [-0.1, -0.05) is 30.3 Å². The Morgan fingerprint density at radius 2 is 2.00 bits per heavy atom. The zero-order chi connectivity index (χ0) is 13.6. The summed E-state index contributed by atoms with van der Waals surface area (Å²) < 4.78 is 10.5. The predicted molar refractivity (Wildman–Crippen MR) is 76.5 cm³/mol. The van der Waals surface area contributed by atoms with E-state index in [4.69, 9.17) is 15.2 Å². The van der Waals surface area contributed by atoms with Crippen LogP contribution in [0.15, 0.2) is 35.3 Å². The summed E-state index contributed by atoms with van der Waals surface area (Å²) in [6, 6.07) is 10.4. The second-order valence-electron chi connectivity index (χ2n) is 4.82. The fraction of sp³-hybridized carbons (Fsp3) is 0.533. The Kier molecular flexibility index (Phi) is 4.93. The molecule has 4 heteroatoms. The highest BCUT2D eigenvalue weighted by molar-refractivity contribution is 5.92. The molecule has 104 valence electrons. The molecule has 1 heterocycles. The van der Waals surface area contributed by atoms with Gasteiger partial charge in [-0.05, 0) is 18.4 Å². The average Bonchev–Trinajstić information content (AvgIpc) is 2.49. The first-order valence-electron chi connectivity index (χ1n) is 6.72. The van der Waals surface area contributed by atoms with Crippen molar-refractivity contribution in [3.8, 4) is 0 Å². The van der Waals surface area contributed by atoms with Gasteiger partial charge in [0.1, 0.15) is 5.84 Å². The van der Waals surface area contributed by atoms with Gasteiger partial charge >= 0.3 is 0 Å². The SMILES string of the molecule is COCCN=C(N)C1(c2ccccc2)CCOCC1. The molecule has 1 aliphatic heterocycles. The van der Waals surface area contributed by atoms with Crippen LogP contribution in [0.2, 0.25) is 0 Å². The summed E-state index contributed by atoms with van der Waals surface area (Å²) in [4.78, 5) is 4.50. The third kappa shape index (κ3) is 3.14. The van der Waals surface area contributed by atoms with Gasteiger partial charge in [0.25, 0.3) is 0 Å². The Morgan fingerprint density at radius 3 is 2.63 bits per heavy atom. The van der Waals surface area contributed by atoms with Crippen LogP contribution < -0.4 is 5.73 Å². The quantitative estimate of drug-likeness (QED) is 0.499. The molecule has 0 unspecified atom stereocenters. The van der Waals surface area contributed by atoms with Crippen molar-refractivity contribution in [1.82, 2.24) is 0 Å². The molecular weight excluding hydrogens is 240 g/mol. The Labute approximate surface area is 114 Å². The molecule has 1 aliphatic rings. The van der Waals surface area contributed by atoms with Gasteiger partial charge in [-0.25, -0.2) is 0 Å². The van der Waals surface area contributed by atoms with E-state index in [-0.39, 0.29) is 5.41 Å². The van der Waals surface area contributed by atoms with Gasteiger partial charge in [-0.3, -0.25) is 4.99 Å². The van der Waals surface area contributed by atoms with Crippen molar-refractivity contribution >= 4 is 5.84 Å². The first-order valence-corrected chi connectivity index (χ1v) is 6.72. The lowest BCUT2D eigenvalue weighted by molar-refractivity contribution is 0.0704. The molecule has 2 rings (SSSR count). The van der Waals surface area contributed by atoms with E-state index in [1.807, 2.05) is 6.07 Å². The molecule has 0 radical (unpaired) electrons. The van der Waals surface area contributed by atoms with Crippen LogP contribution in [0.1, 0.15) is 18.4 Å². The van der Waals surface area contributed by atoms with E-state index in [1.165, 1.54) is 5.56 Å². The number of hydrogen-bond donors (Lipinski definition) is 1. The molecule has 0 amide bonds. The van der Waals surface area contributed by atoms with Crippen molar-refractivity contribution in [3.05, 3.63) is 35.9 Å². The van der Waals surface area contributed by atoms with Crippen LogP contribution in [-0.4, -0.2) is 39.3 Å². The predicted octanol–water partition coefficient (Wildman–Crippen LogP) is 1.74. The molecular formula is C15H22N2O2. The highest BCUT2D eigenvalue weighted by atomic mass is 16.5. The van der Waals surface area contributed by atoms with Gasteiger partial charge in [0, 0.05) is 20.3 Å². The maximum Gasteiger partial charge on any atom is 0.105 e. The normalized spacial score (nSPS) is 19.3. The van der Waals surface area contributed by atoms with E-state index in [1.54, 1.807) is 7.11 Å². The van der Waals surface area contributed by atoms with Crippen molar-refractivity contribution in [3.63, 3.8) is 0 Å². The molecule has 0 aromatic heterocycles. The van der Waals surface area contributed by atoms with Crippen molar-refractivity contribution in [2.45, 2.75) is 18.3 Å². The molecule has 2 N–H and O–H groups in total. The van der Waals surface area contributed by atoms with Crippen LogP contribution in [0.4, 0.5) is 0 Å². The molecule has 0 bridgehead atoms. The summed E-state index contributed by atoms with van der Waals surface area (Å²) in [5.74, 6) is 0.707. The molecule has 0 atom stereocenters. The van der Waals surface area contributed by atoms with Crippen LogP contribution >= 0.6 is 0 Å². The number of ether oxygens (including phenoxy) is 2. The van der Waals surface area contributed by atoms with Crippen molar-refractivity contribution in [2.24, 2.45) is 10.7 Å². The van der Waals surface area contributed by atoms with Gasteiger partial charge in [0.15, 0.2) is 0 Å².